The lowest BCUT2D eigenvalue weighted by Gasteiger charge is -2.26. The van der Waals surface area contributed by atoms with Crippen molar-refractivity contribution in [1.29, 1.82) is 5.26 Å². The lowest BCUT2D eigenvalue weighted by Crippen LogP contribution is -2.43. The van der Waals surface area contributed by atoms with Crippen molar-refractivity contribution in [3.05, 3.63) is 41.9 Å². The molecule has 0 amide bonds. The molecule has 1 aromatic carbocycles. The zero-order valence-corrected chi connectivity index (χ0v) is 15.0. The highest BCUT2D eigenvalue weighted by Gasteiger charge is 2.22. The minimum atomic E-state index is -2.75. The molecule has 1 unspecified atom stereocenters. The Hall–Kier alpha value is -2.59. The van der Waals surface area contributed by atoms with Crippen LogP contribution in [0.4, 0.5) is 8.78 Å². The average Bonchev–Trinajstić information content (AvgIpc) is 2.59. The first-order valence-electron chi connectivity index (χ1n) is 8.29. The van der Waals surface area contributed by atoms with Crippen LogP contribution in [-0.2, 0) is 0 Å². The van der Waals surface area contributed by atoms with Gasteiger partial charge in [0.05, 0.1) is 11.3 Å². The van der Waals surface area contributed by atoms with E-state index in [4.69, 9.17) is 10.5 Å². The van der Waals surface area contributed by atoms with Crippen molar-refractivity contribution in [2.75, 3.05) is 6.61 Å². The van der Waals surface area contributed by atoms with Crippen LogP contribution < -0.4 is 10.5 Å². The Morgan fingerprint density at radius 1 is 1.31 bits per heavy atom. The fourth-order valence-corrected chi connectivity index (χ4v) is 2.78. The number of nitrogens with zero attached hydrogens (tertiary/aromatic N) is 3. The molecular formula is C19H22F2N4O. The third-order valence-electron chi connectivity index (χ3n) is 3.70. The molecule has 5 nitrogen and oxygen atoms in total. The van der Waals surface area contributed by atoms with Crippen LogP contribution in [-0.4, -0.2) is 22.1 Å². The molecule has 0 fully saturated rings. The lowest BCUT2D eigenvalue weighted by molar-refractivity contribution is 0.140. The van der Waals surface area contributed by atoms with Gasteiger partial charge in [-0.05, 0) is 43.5 Å². The zero-order chi connectivity index (χ0) is 19.3. The number of hydrogen-bond donors (Lipinski definition) is 1. The maximum Gasteiger partial charge on any atom is 0.297 e. The first kappa shape index (κ1) is 19.7. The van der Waals surface area contributed by atoms with Gasteiger partial charge in [0.1, 0.15) is 18.4 Å². The van der Waals surface area contributed by atoms with E-state index in [-0.39, 0.29) is 6.61 Å². The van der Waals surface area contributed by atoms with Gasteiger partial charge in [-0.15, -0.1) is 0 Å². The Morgan fingerprint density at radius 3 is 2.65 bits per heavy atom. The van der Waals surface area contributed by atoms with E-state index in [0.717, 1.165) is 6.42 Å². The number of nitriles is 1. The maximum absolute atomic E-state index is 12.8. The van der Waals surface area contributed by atoms with Gasteiger partial charge in [0, 0.05) is 17.3 Å². The van der Waals surface area contributed by atoms with Crippen LogP contribution in [0.1, 0.15) is 45.0 Å². The second kappa shape index (κ2) is 8.19. The molecular weight excluding hydrogens is 338 g/mol. The topological polar surface area (TPSA) is 84.8 Å². The predicted molar refractivity (Wildman–Crippen MR) is 94.7 cm³/mol. The summed E-state index contributed by atoms with van der Waals surface area (Å²) in [6, 6.07) is 8.44. The first-order valence-corrected chi connectivity index (χ1v) is 8.29. The van der Waals surface area contributed by atoms with Gasteiger partial charge in [-0.3, -0.25) is 0 Å². The highest BCUT2D eigenvalue weighted by atomic mass is 19.3. The number of aromatic nitrogens is 2. The van der Waals surface area contributed by atoms with Crippen molar-refractivity contribution in [2.45, 2.75) is 39.2 Å². The van der Waals surface area contributed by atoms with E-state index in [0.29, 0.717) is 28.5 Å². The standard InChI is InChI=1S/C19H22F2N4O/c1-12(2)9-19(3,23)11-26-16-5-4-13(8-14(16)10-22)15-6-7-24-18(25-15)17(20)21/h4-8,12,17H,9,11,23H2,1-3H3. The van der Waals surface area contributed by atoms with Gasteiger partial charge < -0.3 is 10.5 Å². The lowest BCUT2D eigenvalue weighted by atomic mass is 9.93. The number of hydrogen-bond acceptors (Lipinski definition) is 5. The van der Waals surface area contributed by atoms with Crippen LogP contribution in [0.3, 0.4) is 0 Å². The molecule has 1 aromatic heterocycles. The van der Waals surface area contributed by atoms with Gasteiger partial charge in [0.15, 0.2) is 5.82 Å². The van der Waals surface area contributed by atoms with E-state index in [1.807, 2.05) is 6.92 Å². The minimum absolute atomic E-state index is 0.266. The maximum atomic E-state index is 12.8. The number of benzene rings is 1. The molecule has 0 saturated carbocycles. The van der Waals surface area contributed by atoms with Gasteiger partial charge >= 0.3 is 0 Å². The van der Waals surface area contributed by atoms with Gasteiger partial charge in [0.2, 0.25) is 0 Å². The zero-order valence-electron chi connectivity index (χ0n) is 15.0. The van der Waals surface area contributed by atoms with Gasteiger partial charge in [-0.1, -0.05) is 13.8 Å². The summed E-state index contributed by atoms with van der Waals surface area (Å²) >= 11 is 0. The Balaban J connectivity index is 2.23. The van der Waals surface area contributed by atoms with Crippen molar-refractivity contribution in [3.8, 4) is 23.1 Å². The largest absolute Gasteiger partial charge is 0.490 e. The highest BCUT2D eigenvalue weighted by Crippen LogP contribution is 2.27. The van der Waals surface area contributed by atoms with Crippen molar-refractivity contribution < 1.29 is 13.5 Å². The quantitative estimate of drug-likeness (QED) is 0.804. The summed E-state index contributed by atoms with van der Waals surface area (Å²) in [5.74, 6) is 0.280. The third-order valence-corrected chi connectivity index (χ3v) is 3.70. The summed E-state index contributed by atoms with van der Waals surface area (Å²) in [6.07, 6.45) is -0.702. The number of nitrogens with two attached hydrogens (primary N) is 1. The van der Waals surface area contributed by atoms with E-state index < -0.39 is 17.8 Å². The van der Waals surface area contributed by atoms with E-state index >= 15 is 0 Å². The molecule has 0 aliphatic heterocycles. The molecule has 0 aliphatic carbocycles. The van der Waals surface area contributed by atoms with Crippen molar-refractivity contribution in [1.82, 2.24) is 9.97 Å². The number of rotatable bonds is 7. The van der Waals surface area contributed by atoms with Crippen molar-refractivity contribution in [3.63, 3.8) is 0 Å². The molecule has 1 atom stereocenters. The molecule has 1 heterocycles. The van der Waals surface area contributed by atoms with Crippen LogP contribution in [0.2, 0.25) is 0 Å². The molecule has 7 heteroatoms. The first-order chi connectivity index (χ1) is 12.2. The number of alkyl halides is 2. The SMILES string of the molecule is CC(C)CC(C)(N)COc1ccc(-c2ccnc(C(F)F)n2)cc1C#N. The molecule has 0 spiro atoms. The fourth-order valence-electron chi connectivity index (χ4n) is 2.78. The fraction of sp³-hybridized carbons (Fsp3) is 0.421. The summed E-state index contributed by atoms with van der Waals surface area (Å²) in [7, 11) is 0. The van der Waals surface area contributed by atoms with Crippen LogP contribution in [0.15, 0.2) is 30.5 Å². The smallest absolute Gasteiger partial charge is 0.297 e. The molecule has 0 saturated heterocycles. The van der Waals surface area contributed by atoms with Crippen molar-refractivity contribution in [2.24, 2.45) is 11.7 Å². The summed E-state index contributed by atoms with van der Waals surface area (Å²) in [5.41, 5.74) is 6.86. The minimum Gasteiger partial charge on any atom is -0.490 e. The summed E-state index contributed by atoms with van der Waals surface area (Å²) < 4.78 is 31.3. The van der Waals surface area contributed by atoms with E-state index in [1.54, 1.807) is 18.2 Å². The van der Waals surface area contributed by atoms with Crippen LogP contribution in [0.5, 0.6) is 5.75 Å². The normalized spacial score (nSPS) is 13.5. The third kappa shape index (κ3) is 5.20. The van der Waals surface area contributed by atoms with Gasteiger partial charge in [-0.2, -0.15) is 5.26 Å². The molecule has 0 bridgehead atoms. The molecule has 2 rings (SSSR count). The Morgan fingerprint density at radius 2 is 2.04 bits per heavy atom. The van der Waals surface area contributed by atoms with E-state index in [1.165, 1.54) is 12.3 Å². The van der Waals surface area contributed by atoms with Gasteiger partial charge in [0.25, 0.3) is 6.43 Å². The van der Waals surface area contributed by atoms with E-state index in [2.05, 4.69) is 29.9 Å². The van der Waals surface area contributed by atoms with Crippen LogP contribution in [0, 0.1) is 17.2 Å². The monoisotopic (exact) mass is 360 g/mol. The molecule has 26 heavy (non-hydrogen) atoms. The number of ether oxygens (including phenoxy) is 1. The van der Waals surface area contributed by atoms with Crippen LogP contribution in [0.25, 0.3) is 11.3 Å². The number of halogens is 2. The second-order valence-electron chi connectivity index (χ2n) is 6.96. The molecule has 0 radical (unpaired) electrons. The molecule has 138 valence electrons. The Kier molecular flexibility index (Phi) is 6.22. The highest BCUT2D eigenvalue weighted by molar-refractivity contribution is 5.64. The summed E-state index contributed by atoms with van der Waals surface area (Å²) in [4.78, 5) is 7.37. The Labute approximate surface area is 151 Å². The summed E-state index contributed by atoms with van der Waals surface area (Å²) in [5, 5.41) is 9.39. The summed E-state index contributed by atoms with van der Waals surface area (Å²) in [6.45, 7) is 6.33. The van der Waals surface area contributed by atoms with Crippen molar-refractivity contribution >= 4 is 0 Å². The molecule has 2 aromatic rings. The predicted octanol–water partition coefficient (Wildman–Crippen LogP) is 4.10. The second-order valence-corrected chi connectivity index (χ2v) is 6.96. The van der Waals surface area contributed by atoms with E-state index in [9.17, 15) is 14.0 Å². The molecule has 0 aliphatic rings. The Bertz CT molecular complexity index is 800. The molecule has 2 N–H and O–H groups in total. The van der Waals surface area contributed by atoms with Gasteiger partial charge in [-0.25, -0.2) is 18.7 Å². The average molecular weight is 360 g/mol. The van der Waals surface area contributed by atoms with Crippen LogP contribution >= 0.6 is 0 Å².